The Kier molecular flexibility index (Phi) is 6.67. The van der Waals surface area contributed by atoms with Crippen LogP contribution in [0.1, 0.15) is 34.9 Å². The van der Waals surface area contributed by atoms with Gasteiger partial charge in [-0.1, -0.05) is 54.6 Å². The lowest BCUT2D eigenvalue weighted by molar-refractivity contribution is -0.156. The maximum Gasteiger partial charge on any atom is 0.408 e. The lowest BCUT2D eigenvalue weighted by Gasteiger charge is -2.22. The third kappa shape index (κ3) is 4.80. The van der Waals surface area contributed by atoms with E-state index in [1.807, 2.05) is 48.5 Å². The molecule has 0 saturated heterocycles. The molecule has 0 spiro atoms. The largest absolute Gasteiger partial charge is 0.479 e. The Bertz CT molecular complexity index is 1160. The standard InChI is InChI=1S/C25H24N2O6S/c1-25(32,23(29)30)14-26-22(28)21(20-11-6-12-34-20)27-24(31)33-13-19-17-9-4-2-7-15(17)16-8-3-5-10-18(16)19/h2-12,19,21,32H,13-14H2,1H3,(H,26,28)(H,27,31)(H,29,30). The van der Waals surface area contributed by atoms with E-state index in [0.717, 1.165) is 29.2 Å². The van der Waals surface area contributed by atoms with Crippen molar-refractivity contribution in [2.24, 2.45) is 0 Å². The van der Waals surface area contributed by atoms with E-state index in [-0.39, 0.29) is 12.5 Å². The average molecular weight is 481 g/mol. The van der Waals surface area contributed by atoms with Gasteiger partial charge in [-0.2, -0.15) is 0 Å². The van der Waals surface area contributed by atoms with Gasteiger partial charge in [0.1, 0.15) is 12.6 Å². The Morgan fingerprint density at radius 2 is 1.65 bits per heavy atom. The lowest BCUT2D eigenvalue weighted by Crippen LogP contribution is -2.49. The number of alkyl carbamates (subject to hydrolysis) is 1. The fourth-order valence-electron chi connectivity index (χ4n) is 3.92. The number of benzene rings is 2. The van der Waals surface area contributed by atoms with Crippen molar-refractivity contribution in [1.82, 2.24) is 10.6 Å². The Labute approximate surface area is 200 Å². The second-order valence-corrected chi connectivity index (χ2v) is 9.19. The van der Waals surface area contributed by atoms with Crippen LogP contribution in [0.15, 0.2) is 66.0 Å². The van der Waals surface area contributed by atoms with Gasteiger partial charge in [0.05, 0.1) is 6.54 Å². The van der Waals surface area contributed by atoms with Gasteiger partial charge in [0.25, 0.3) is 0 Å². The summed E-state index contributed by atoms with van der Waals surface area (Å²) >= 11 is 1.26. The summed E-state index contributed by atoms with van der Waals surface area (Å²) in [6.45, 7) is 0.649. The molecule has 9 heteroatoms. The maximum atomic E-state index is 12.8. The fourth-order valence-corrected chi connectivity index (χ4v) is 4.69. The lowest BCUT2D eigenvalue weighted by atomic mass is 9.98. The van der Waals surface area contributed by atoms with Gasteiger partial charge in [0.2, 0.25) is 5.91 Å². The van der Waals surface area contributed by atoms with Crippen LogP contribution in [0.5, 0.6) is 0 Å². The first-order valence-electron chi connectivity index (χ1n) is 10.7. The number of amides is 2. The van der Waals surface area contributed by atoms with Crippen molar-refractivity contribution < 1.29 is 29.3 Å². The quantitative estimate of drug-likeness (QED) is 0.392. The van der Waals surface area contributed by atoms with Crippen LogP contribution in [0.25, 0.3) is 11.1 Å². The number of carboxylic acids is 1. The summed E-state index contributed by atoms with van der Waals surface area (Å²) in [4.78, 5) is 37.1. The van der Waals surface area contributed by atoms with Gasteiger partial charge in [-0.15, -0.1) is 11.3 Å². The van der Waals surface area contributed by atoms with E-state index in [2.05, 4.69) is 10.6 Å². The average Bonchev–Trinajstić information content (AvgIpc) is 3.46. The van der Waals surface area contributed by atoms with Crippen LogP contribution >= 0.6 is 11.3 Å². The minimum absolute atomic E-state index is 0.0896. The number of hydrogen-bond acceptors (Lipinski definition) is 6. The number of carbonyl (C=O) groups is 3. The summed E-state index contributed by atoms with van der Waals surface area (Å²) in [6, 6.07) is 18.2. The molecule has 3 aromatic rings. The van der Waals surface area contributed by atoms with Crippen molar-refractivity contribution in [1.29, 1.82) is 0 Å². The molecule has 2 atom stereocenters. The van der Waals surface area contributed by atoms with E-state index in [1.54, 1.807) is 17.5 Å². The van der Waals surface area contributed by atoms with Crippen LogP contribution in [0.3, 0.4) is 0 Å². The van der Waals surface area contributed by atoms with Gasteiger partial charge < -0.3 is 25.6 Å². The predicted octanol–water partition coefficient (Wildman–Crippen LogP) is 3.28. The zero-order valence-electron chi connectivity index (χ0n) is 18.4. The van der Waals surface area contributed by atoms with Gasteiger partial charge in [-0.25, -0.2) is 9.59 Å². The number of nitrogens with one attached hydrogen (secondary N) is 2. The first-order chi connectivity index (χ1) is 16.3. The van der Waals surface area contributed by atoms with E-state index in [4.69, 9.17) is 9.84 Å². The molecule has 0 bridgehead atoms. The number of fused-ring (bicyclic) bond motifs is 3. The number of thiophene rings is 1. The van der Waals surface area contributed by atoms with Crippen LogP contribution in [-0.2, 0) is 14.3 Å². The van der Waals surface area contributed by atoms with Gasteiger partial charge in [0, 0.05) is 10.8 Å². The normalized spacial score (nSPS) is 14.9. The number of aliphatic hydroxyl groups is 1. The summed E-state index contributed by atoms with van der Waals surface area (Å²) in [5.74, 6) is -2.25. The Balaban J connectivity index is 1.44. The summed E-state index contributed by atoms with van der Waals surface area (Å²) in [7, 11) is 0. The SMILES string of the molecule is CC(O)(CNC(=O)C(NC(=O)OCC1c2ccccc2-c2ccccc21)c1cccs1)C(=O)O. The number of rotatable bonds is 8. The van der Waals surface area contributed by atoms with Crippen molar-refractivity contribution in [3.05, 3.63) is 82.0 Å². The Morgan fingerprint density at radius 1 is 1.03 bits per heavy atom. The summed E-state index contributed by atoms with van der Waals surface area (Å²) in [6.07, 6.45) is -0.777. The smallest absolute Gasteiger partial charge is 0.408 e. The predicted molar refractivity (Wildman–Crippen MR) is 127 cm³/mol. The van der Waals surface area contributed by atoms with Crippen LogP contribution in [0.2, 0.25) is 0 Å². The third-order valence-corrected chi connectivity index (χ3v) is 6.70. The Hall–Kier alpha value is -3.69. The van der Waals surface area contributed by atoms with Gasteiger partial charge >= 0.3 is 12.1 Å². The highest BCUT2D eigenvalue weighted by Gasteiger charge is 2.33. The van der Waals surface area contributed by atoms with Gasteiger partial charge in [0.15, 0.2) is 5.60 Å². The summed E-state index contributed by atoms with van der Waals surface area (Å²) in [5.41, 5.74) is 2.21. The van der Waals surface area contributed by atoms with Crippen LogP contribution < -0.4 is 10.6 Å². The number of ether oxygens (including phenoxy) is 1. The minimum atomic E-state index is -2.14. The topological polar surface area (TPSA) is 125 Å². The van der Waals surface area contributed by atoms with Crippen molar-refractivity contribution in [3.8, 4) is 11.1 Å². The number of aliphatic carboxylic acids is 1. The Morgan fingerprint density at radius 3 is 2.21 bits per heavy atom. The van der Waals surface area contributed by atoms with Crippen LogP contribution in [-0.4, -0.2) is 46.9 Å². The third-order valence-electron chi connectivity index (χ3n) is 5.76. The highest BCUT2D eigenvalue weighted by atomic mass is 32.1. The van der Waals surface area contributed by atoms with Crippen molar-refractivity contribution >= 4 is 29.3 Å². The molecular formula is C25H24N2O6S. The highest BCUT2D eigenvalue weighted by Crippen LogP contribution is 2.44. The van der Waals surface area contributed by atoms with E-state index in [9.17, 15) is 19.5 Å². The van der Waals surface area contributed by atoms with Crippen LogP contribution in [0.4, 0.5) is 4.79 Å². The molecule has 34 heavy (non-hydrogen) atoms. The molecule has 1 heterocycles. The molecule has 2 aromatic carbocycles. The van der Waals surface area contributed by atoms with E-state index >= 15 is 0 Å². The molecular weight excluding hydrogens is 456 g/mol. The molecule has 2 unspecified atom stereocenters. The zero-order valence-corrected chi connectivity index (χ0v) is 19.2. The van der Waals surface area contributed by atoms with Crippen molar-refractivity contribution in [3.63, 3.8) is 0 Å². The molecule has 1 aromatic heterocycles. The van der Waals surface area contributed by atoms with Crippen LogP contribution in [0, 0.1) is 0 Å². The number of carbonyl (C=O) groups excluding carboxylic acids is 2. The molecule has 8 nitrogen and oxygen atoms in total. The monoisotopic (exact) mass is 480 g/mol. The van der Waals surface area contributed by atoms with Crippen molar-refractivity contribution in [2.75, 3.05) is 13.2 Å². The van der Waals surface area contributed by atoms with E-state index in [1.165, 1.54) is 11.3 Å². The molecule has 176 valence electrons. The van der Waals surface area contributed by atoms with Gasteiger partial charge in [-0.3, -0.25) is 4.79 Å². The first-order valence-corrected chi connectivity index (χ1v) is 11.5. The molecule has 0 aliphatic heterocycles. The fraction of sp³-hybridized carbons (Fsp3) is 0.240. The first kappa shape index (κ1) is 23.5. The molecule has 0 saturated carbocycles. The minimum Gasteiger partial charge on any atom is -0.479 e. The second kappa shape index (κ2) is 9.66. The van der Waals surface area contributed by atoms with Crippen molar-refractivity contribution in [2.45, 2.75) is 24.5 Å². The molecule has 1 aliphatic rings. The maximum absolute atomic E-state index is 12.8. The molecule has 1 aliphatic carbocycles. The summed E-state index contributed by atoms with van der Waals surface area (Å²) in [5, 5.41) is 25.6. The second-order valence-electron chi connectivity index (χ2n) is 8.22. The van der Waals surface area contributed by atoms with E-state index in [0.29, 0.717) is 4.88 Å². The number of hydrogen-bond donors (Lipinski definition) is 4. The van der Waals surface area contributed by atoms with E-state index < -0.39 is 36.2 Å². The van der Waals surface area contributed by atoms with Gasteiger partial charge in [-0.05, 0) is 40.6 Å². The molecule has 2 amide bonds. The number of carboxylic acid groups (broad SMARTS) is 1. The highest BCUT2D eigenvalue weighted by molar-refractivity contribution is 7.10. The zero-order chi connectivity index (χ0) is 24.3. The molecule has 0 radical (unpaired) electrons. The molecule has 4 N–H and O–H groups in total. The molecule has 0 fully saturated rings. The summed E-state index contributed by atoms with van der Waals surface area (Å²) < 4.78 is 5.53. The molecule has 4 rings (SSSR count).